The predicted molar refractivity (Wildman–Crippen MR) is 112 cm³/mol. The summed E-state index contributed by atoms with van der Waals surface area (Å²) in [7, 11) is -3.88. The third kappa shape index (κ3) is 3.79. The quantitative estimate of drug-likeness (QED) is 0.683. The molecular weight excluding hydrogens is 412 g/mol. The summed E-state index contributed by atoms with van der Waals surface area (Å²) in [4.78, 5) is 13.0. The molecule has 1 amide bonds. The number of nitrogens with one attached hydrogen (secondary N) is 1. The lowest BCUT2D eigenvalue weighted by Crippen LogP contribution is -2.48. The van der Waals surface area contributed by atoms with E-state index in [1.165, 1.54) is 16.4 Å². The van der Waals surface area contributed by atoms with Crippen LogP contribution in [-0.2, 0) is 14.8 Å². The van der Waals surface area contributed by atoms with E-state index in [4.69, 9.17) is 16.3 Å². The minimum Gasteiger partial charge on any atom is -0.476 e. The number of hydrogen-bond acceptors (Lipinski definition) is 4. The summed E-state index contributed by atoms with van der Waals surface area (Å²) in [6, 6.07) is 21.6. The van der Waals surface area contributed by atoms with Crippen LogP contribution < -0.4 is 14.4 Å². The Balaban J connectivity index is 1.68. The van der Waals surface area contributed by atoms with Gasteiger partial charge >= 0.3 is 0 Å². The zero-order chi connectivity index (χ0) is 20.4. The SMILES string of the molecule is O=C(Nc1ccccc1Cl)[C@H]1CN(S(=O)(=O)c2ccccc2)c2ccccc2O1. The maximum atomic E-state index is 13.2. The summed E-state index contributed by atoms with van der Waals surface area (Å²) < 4.78 is 33.5. The highest BCUT2D eigenvalue weighted by atomic mass is 35.5. The van der Waals surface area contributed by atoms with Crippen molar-refractivity contribution in [1.29, 1.82) is 0 Å². The van der Waals surface area contributed by atoms with E-state index < -0.39 is 22.0 Å². The molecule has 0 fully saturated rings. The number of rotatable bonds is 4. The number of benzene rings is 3. The second-order valence-electron chi connectivity index (χ2n) is 6.39. The number of anilines is 2. The Labute approximate surface area is 173 Å². The van der Waals surface area contributed by atoms with Crippen molar-refractivity contribution in [3.05, 3.63) is 83.9 Å². The largest absolute Gasteiger partial charge is 0.476 e. The van der Waals surface area contributed by atoms with E-state index in [-0.39, 0.29) is 11.4 Å². The van der Waals surface area contributed by atoms with Crippen molar-refractivity contribution in [2.24, 2.45) is 0 Å². The number of fused-ring (bicyclic) bond motifs is 1. The first-order chi connectivity index (χ1) is 14.0. The third-order valence-electron chi connectivity index (χ3n) is 4.49. The van der Waals surface area contributed by atoms with E-state index in [9.17, 15) is 13.2 Å². The number of hydrogen-bond donors (Lipinski definition) is 1. The molecule has 4 rings (SSSR count). The Morgan fingerprint density at radius 2 is 1.62 bits per heavy atom. The number of sulfonamides is 1. The molecule has 3 aromatic carbocycles. The molecule has 6 nitrogen and oxygen atoms in total. The minimum atomic E-state index is -3.88. The van der Waals surface area contributed by atoms with E-state index >= 15 is 0 Å². The van der Waals surface area contributed by atoms with Gasteiger partial charge in [0, 0.05) is 0 Å². The highest BCUT2D eigenvalue weighted by Crippen LogP contribution is 2.37. The highest BCUT2D eigenvalue weighted by molar-refractivity contribution is 7.92. The summed E-state index contributed by atoms with van der Waals surface area (Å²) in [5.74, 6) is -0.168. The lowest BCUT2D eigenvalue weighted by atomic mass is 10.2. The lowest BCUT2D eigenvalue weighted by Gasteiger charge is -2.34. The summed E-state index contributed by atoms with van der Waals surface area (Å²) in [6.45, 7) is -0.162. The fourth-order valence-corrected chi connectivity index (χ4v) is 4.74. The second kappa shape index (κ2) is 7.77. The molecule has 29 heavy (non-hydrogen) atoms. The molecule has 8 heteroatoms. The topological polar surface area (TPSA) is 75.7 Å². The molecular formula is C21H17ClN2O4S. The highest BCUT2D eigenvalue weighted by Gasteiger charge is 2.37. The first kappa shape index (κ1) is 19.3. The van der Waals surface area contributed by atoms with Crippen LogP contribution in [0.3, 0.4) is 0 Å². The molecule has 1 aliphatic heterocycles. The van der Waals surface area contributed by atoms with Gasteiger partial charge in [-0.15, -0.1) is 0 Å². The molecule has 0 unspecified atom stereocenters. The van der Waals surface area contributed by atoms with Crippen LogP contribution in [0.2, 0.25) is 5.02 Å². The van der Waals surface area contributed by atoms with Crippen LogP contribution in [0.1, 0.15) is 0 Å². The Bertz CT molecular complexity index is 1150. The van der Waals surface area contributed by atoms with Crippen LogP contribution in [0.25, 0.3) is 0 Å². The zero-order valence-corrected chi connectivity index (χ0v) is 16.7. The Kier molecular flexibility index (Phi) is 5.17. The van der Waals surface area contributed by atoms with Gasteiger partial charge in [-0.3, -0.25) is 9.10 Å². The molecule has 1 atom stereocenters. The molecule has 1 aliphatic rings. The number of para-hydroxylation sites is 3. The Hall–Kier alpha value is -3.03. The van der Waals surface area contributed by atoms with Gasteiger partial charge < -0.3 is 10.1 Å². The van der Waals surface area contributed by atoms with Crippen molar-refractivity contribution in [2.45, 2.75) is 11.0 Å². The molecule has 1 N–H and O–H groups in total. The normalized spacial score (nSPS) is 15.9. The molecule has 0 bridgehead atoms. The van der Waals surface area contributed by atoms with Crippen LogP contribution in [0.5, 0.6) is 5.75 Å². The zero-order valence-electron chi connectivity index (χ0n) is 15.2. The van der Waals surface area contributed by atoms with E-state index in [2.05, 4.69) is 5.32 Å². The lowest BCUT2D eigenvalue weighted by molar-refractivity contribution is -0.122. The monoisotopic (exact) mass is 428 g/mol. The summed E-state index contributed by atoms with van der Waals surface area (Å²) in [5.41, 5.74) is 0.817. The van der Waals surface area contributed by atoms with Crippen molar-refractivity contribution in [2.75, 3.05) is 16.2 Å². The molecule has 0 spiro atoms. The number of nitrogens with zero attached hydrogens (tertiary/aromatic N) is 1. The van der Waals surface area contributed by atoms with Gasteiger partial charge in [-0.1, -0.05) is 54.1 Å². The summed E-state index contributed by atoms with van der Waals surface area (Å²) >= 11 is 6.11. The summed E-state index contributed by atoms with van der Waals surface area (Å²) in [5, 5.41) is 3.09. The number of ether oxygens (including phenoxy) is 1. The molecule has 148 valence electrons. The molecule has 0 radical (unpaired) electrons. The predicted octanol–water partition coefficient (Wildman–Crippen LogP) is 3.94. The van der Waals surface area contributed by atoms with E-state index in [0.717, 1.165) is 0 Å². The van der Waals surface area contributed by atoms with Gasteiger partial charge in [-0.25, -0.2) is 8.42 Å². The van der Waals surface area contributed by atoms with E-state index in [1.807, 2.05) is 0 Å². The smallest absolute Gasteiger partial charge is 0.267 e. The van der Waals surface area contributed by atoms with Gasteiger partial charge in [0.15, 0.2) is 6.10 Å². The van der Waals surface area contributed by atoms with Crippen LogP contribution >= 0.6 is 11.6 Å². The van der Waals surface area contributed by atoms with Crippen molar-refractivity contribution in [1.82, 2.24) is 0 Å². The van der Waals surface area contributed by atoms with Crippen LogP contribution in [0, 0.1) is 0 Å². The first-order valence-corrected chi connectivity index (χ1v) is 10.7. The molecule has 3 aromatic rings. The van der Waals surface area contributed by atoms with Gasteiger partial charge in [-0.05, 0) is 36.4 Å². The maximum absolute atomic E-state index is 13.2. The number of amides is 1. The Morgan fingerprint density at radius 1 is 0.966 bits per heavy atom. The van der Waals surface area contributed by atoms with E-state index in [0.29, 0.717) is 22.1 Å². The average Bonchev–Trinajstić information content (AvgIpc) is 2.75. The van der Waals surface area contributed by atoms with Gasteiger partial charge in [0.05, 0.1) is 27.8 Å². The standard InChI is InChI=1S/C21H17ClN2O4S/c22-16-10-4-5-11-17(16)23-21(25)20-14-24(18-12-6-7-13-19(18)28-20)29(26,27)15-8-2-1-3-9-15/h1-13,20H,14H2,(H,23,25)/t20-/m1/s1. The van der Waals surface area contributed by atoms with Crippen LogP contribution in [0.4, 0.5) is 11.4 Å². The maximum Gasteiger partial charge on any atom is 0.267 e. The van der Waals surface area contributed by atoms with Crippen LogP contribution in [0.15, 0.2) is 83.8 Å². The fourth-order valence-electron chi connectivity index (χ4n) is 3.06. The first-order valence-electron chi connectivity index (χ1n) is 8.86. The van der Waals surface area contributed by atoms with Gasteiger partial charge in [0.1, 0.15) is 5.75 Å². The van der Waals surface area contributed by atoms with Gasteiger partial charge in [0.2, 0.25) is 0 Å². The third-order valence-corrected chi connectivity index (χ3v) is 6.61. The number of halogens is 1. The molecule has 1 heterocycles. The van der Waals surface area contributed by atoms with Gasteiger partial charge in [0.25, 0.3) is 15.9 Å². The van der Waals surface area contributed by atoms with Crippen molar-refractivity contribution < 1.29 is 17.9 Å². The van der Waals surface area contributed by atoms with Crippen molar-refractivity contribution >= 4 is 38.9 Å². The Morgan fingerprint density at radius 3 is 2.38 bits per heavy atom. The fraction of sp³-hybridized carbons (Fsp3) is 0.0952. The van der Waals surface area contributed by atoms with Crippen molar-refractivity contribution in [3.63, 3.8) is 0 Å². The second-order valence-corrected chi connectivity index (χ2v) is 8.66. The molecule has 0 saturated heterocycles. The molecule has 0 saturated carbocycles. The van der Waals surface area contributed by atoms with Crippen molar-refractivity contribution in [3.8, 4) is 5.75 Å². The van der Waals surface area contributed by atoms with Crippen LogP contribution in [-0.4, -0.2) is 27.0 Å². The summed E-state index contributed by atoms with van der Waals surface area (Å²) in [6.07, 6.45) is -1.04. The number of carbonyl (C=O) groups excluding carboxylic acids is 1. The van der Waals surface area contributed by atoms with Gasteiger partial charge in [-0.2, -0.15) is 0 Å². The molecule has 0 aromatic heterocycles. The average molecular weight is 429 g/mol. The number of carbonyl (C=O) groups is 1. The minimum absolute atomic E-state index is 0.141. The van der Waals surface area contributed by atoms with E-state index in [1.54, 1.807) is 66.7 Å². The molecule has 0 aliphatic carbocycles.